The molecule has 1 fully saturated rings. The molecule has 1 aliphatic carbocycles. The van der Waals surface area contributed by atoms with Crippen LogP contribution in [-0.2, 0) is 14.3 Å². The third-order valence-corrected chi connectivity index (χ3v) is 5.50. The summed E-state index contributed by atoms with van der Waals surface area (Å²) in [4.78, 5) is 36.5. The molecule has 8 nitrogen and oxygen atoms in total. The minimum Gasteiger partial charge on any atom is -0.452 e. The number of carbonyl (C=O) groups excluding carboxylic acids is 3. The lowest BCUT2D eigenvalue weighted by Crippen LogP contribution is -2.21. The van der Waals surface area contributed by atoms with E-state index in [0.717, 1.165) is 29.8 Å². The minimum atomic E-state index is -0.617. The van der Waals surface area contributed by atoms with Gasteiger partial charge in [0, 0.05) is 11.6 Å². The number of rotatable bonds is 7. The van der Waals surface area contributed by atoms with Crippen LogP contribution < -0.4 is 10.6 Å². The maximum Gasteiger partial charge on any atom is 0.338 e. The number of carbonyl (C=O) groups is 3. The molecule has 1 heterocycles. The average Bonchev–Trinajstić information content (AvgIpc) is 3.62. The second-order valence-corrected chi connectivity index (χ2v) is 8.26. The van der Waals surface area contributed by atoms with Crippen molar-refractivity contribution in [3.8, 4) is 5.69 Å². The molecule has 0 radical (unpaired) electrons. The molecule has 1 aromatic heterocycles. The van der Waals surface area contributed by atoms with Crippen LogP contribution in [0.2, 0.25) is 0 Å². The molecular formula is C25H26N4O4. The lowest BCUT2D eigenvalue weighted by Gasteiger charge is -2.09. The fourth-order valence-corrected chi connectivity index (χ4v) is 3.43. The molecule has 8 heteroatoms. The molecule has 170 valence electrons. The molecule has 2 aromatic carbocycles. The van der Waals surface area contributed by atoms with Crippen LogP contribution in [0, 0.1) is 26.7 Å². The first-order valence-corrected chi connectivity index (χ1v) is 10.8. The summed E-state index contributed by atoms with van der Waals surface area (Å²) < 4.78 is 6.91. The minimum absolute atomic E-state index is 0.00159. The molecule has 1 aliphatic rings. The molecule has 2 N–H and O–H groups in total. The molecule has 4 rings (SSSR count). The van der Waals surface area contributed by atoms with Crippen molar-refractivity contribution in [2.75, 3.05) is 17.2 Å². The maximum absolute atomic E-state index is 12.4. The number of aryl methyl sites for hydroxylation is 2. The predicted octanol–water partition coefficient (Wildman–Crippen LogP) is 3.94. The first-order valence-electron chi connectivity index (χ1n) is 10.8. The Bertz CT molecular complexity index is 1190. The van der Waals surface area contributed by atoms with Crippen LogP contribution in [0.1, 0.15) is 40.2 Å². The van der Waals surface area contributed by atoms with Gasteiger partial charge in [-0.3, -0.25) is 9.59 Å². The molecular weight excluding hydrogens is 420 g/mol. The van der Waals surface area contributed by atoms with Crippen LogP contribution >= 0.6 is 0 Å². The molecule has 0 aliphatic heterocycles. The molecule has 33 heavy (non-hydrogen) atoms. The van der Waals surface area contributed by atoms with Gasteiger partial charge in [0.15, 0.2) is 6.61 Å². The third kappa shape index (κ3) is 5.28. The molecule has 0 atom stereocenters. The number of hydrogen-bond donors (Lipinski definition) is 2. The van der Waals surface area contributed by atoms with Crippen molar-refractivity contribution in [2.24, 2.45) is 5.92 Å². The van der Waals surface area contributed by atoms with E-state index in [2.05, 4.69) is 15.7 Å². The molecule has 0 bridgehead atoms. The van der Waals surface area contributed by atoms with E-state index < -0.39 is 18.5 Å². The van der Waals surface area contributed by atoms with E-state index in [1.54, 1.807) is 28.9 Å². The highest BCUT2D eigenvalue weighted by Gasteiger charge is 2.29. The van der Waals surface area contributed by atoms with Gasteiger partial charge in [-0.05, 0) is 70.0 Å². The van der Waals surface area contributed by atoms with Crippen molar-refractivity contribution >= 4 is 29.2 Å². The first-order chi connectivity index (χ1) is 15.8. The van der Waals surface area contributed by atoms with Crippen molar-refractivity contribution in [2.45, 2.75) is 33.6 Å². The van der Waals surface area contributed by atoms with E-state index in [-0.39, 0.29) is 11.8 Å². The van der Waals surface area contributed by atoms with Gasteiger partial charge in [0.25, 0.3) is 5.91 Å². The summed E-state index contributed by atoms with van der Waals surface area (Å²) in [6.45, 7) is 5.26. The highest BCUT2D eigenvalue weighted by molar-refractivity contribution is 5.97. The van der Waals surface area contributed by atoms with Gasteiger partial charge in [-0.1, -0.05) is 17.7 Å². The summed E-state index contributed by atoms with van der Waals surface area (Å²) in [5.41, 5.74) is 4.99. The molecule has 0 spiro atoms. The van der Waals surface area contributed by atoms with Crippen molar-refractivity contribution in [3.63, 3.8) is 0 Å². The van der Waals surface area contributed by atoms with Gasteiger partial charge in [0.2, 0.25) is 5.91 Å². The number of nitrogens with zero attached hydrogens (tertiary/aromatic N) is 2. The Kier molecular flexibility index (Phi) is 6.26. The van der Waals surface area contributed by atoms with E-state index in [1.807, 2.05) is 45.0 Å². The summed E-state index contributed by atoms with van der Waals surface area (Å²) in [5.74, 6) is -0.969. The van der Waals surface area contributed by atoms with Crippen molar-refractivity contribution < 1.29 is 19.1 Å². The number of anilines is 2. The summed E-state index contributed by atoms with van der Waals surface area (Å²) in [7, 11) is 0. The van der Waals surface area contributed by atoms with E-state index in [1.165, 1.54) is 0 Å². The van der Waals surface area contributed by atoms with Gasteiger partial charge in [0.1, 0.15) is 0 Å². The van der Waals surface area contributed by atoms with Gasteiger partial charge in [-0.15, -0.1) is 0 Å². The van der Waals surface area contributed by atoms with Crippen molar-refractivity contribution in [3.05, 3.63) is 71.0 Å². The monoisotopic (exact) mass is 446 g/mol. The highest BCUT2D eigenvalue weighted by Crippen LogP contribution is 2.30. The Balaban J connectivity index is 1.33. The van der Waals surface area contributed by atoms with E-state index in [9.17, 15) is 14.4 Å². The second kappa shape index (κ2) is 9.28. The van der Waals surface area contributed by atoms with Crippen LogP contribution in [0.4, 0.5) is 11.4 Å². The Labute approximate surface area is 191 Å². The predicted molar refractivity (Wildman–Crippen MR) is 124 cm³/mol. The molecule has 2 amide bonds. The largest absolute Gasteiger partial charge is 0.452 e. The second-order valence-electron chi connectivity index (χ2n) is 8.26. The molecule has 0 unspecified atom stereocenters. The zero-order valence-corrected chi connectivity index (χ0v) is 18.8. The Morgan fingerprint density at radius 2 is 1.64 bits per heavy atom. The van der Waals surface area contributed by atoms with E-state index in [4.69, 9.17) is 4.74 Å². The van der Waals surface area contributed by atoms with E-state index >= 15 is 0 Å². The topological polar surface area (TPSA) is 102 Å². The summed E-state index contributed by atoms with van der Waals surface area (Å²) >= 11 is 0. The summed E-state index contributed by atoms with van der Waals surface area (Å²) in [5, 5.41) is 10.1. The Morgan fingerprint density at radius 3 is 2.27 bits per heavy atom. The van der Waals surface area contributed by atoms with Crippen LogP contribution in [0.3, 0.4) is 0 Å². The normalized spacial score (nSPS) is 12.8. The van der Waals surface area contributed by atoms with Gasteiger partial charge in [0.05, 0.1) is 28.3 Å². The quantitative estimate of drug-likeness (QED) is 0.535. The van der Waals surface area contributed by atoms with Crippen LogP contribution in [0.15, 0.2) is 48.5 Å². The number of hydrogen-bond acceptors (Lipinski definition) is 5. The standard InChI is InChI=1S/C25H26N4O4/c1-15-4-12-21(13-5-15)29-17(3)23(16(2)28-29)27-22(30)14-33-25(32)19-8-10-20(11-9-19)26-24(31)18-6-7-18/h4-5,8-13,18H,6-7,14H2,1-3H3,(H,26,31)(H,27,30). The number of nitrogens with one attached hydrogen (secondary N) is 2. The smallest absolute Gasteiger partial charge is 0.338 e. The summed E-state index contributed by atoms with van der Waals surface area (Å²) in [6.07, 6.45) is 1.84. The molecule has 3 aromatic rings. The van der Waals surface area contributed by atoms with Gasteiger partial charge in [-0.25, -0.2) is 9.48 Å². The van der Waals surface area contributed by atoms with Crippen LogP contribution in [0.5, 0.6) is 0 Å². The number of aromatic nitrogens is 2. The van der Waals surface area contributed by atoms with Crippen molar-refractivity contribution in [1.29, 1.82) is 0 Å². The zero-order chi connectivity index (χ0) is 23.5. The average molecular weight is 447 g/mol. The van der Waals surface area contributed by atoms with E-state index in [0.29, 0.717) is 22.6 Å². The van der Waals surface area contributed by atoms with Crippen LogP contribution in [-0.4, -0.2) is 34.2 Å². The van der Waals surface area contributed by atoms with Crippen LogP contribution in [0.25, 0.3) is 5.69 Å². The number of esters is 1. The lowest BCUT2D eigenvalue weighted by molar-refractivity contribution is -0.119. The summed E-state index contributed by atoms with van der Waals surface area (Å²) in [6, 6.07) is 14.3. The molecule has 1 saturated carbocycles. The number of amides is 2. The van der Waals surface area contributed by atoms with Gasteiger partial charge in [-0.2, -0.15) is 5.10 Å². The zero-order valence-electron chi connectivity index (χ0n) is 18.8. The Hall–Kier alpha value is -3.94. The Morgan fingerprint density at radius 1 is 0.970 bits per heavy atom. The first kappa shape index (κ1) is 22.3. The highest BCUT2D eigenvalue weighted by atomic mass is 16.5. The maximum atomic E-state index is 12.4. The van der Waals surface area contributed by atoms with Gasteiger partial charge < -0.3 is 15.4 Å². The SMILES string of the molecule is Cc1ccc(-n2nc(C)c(NC(=O)COC(=O)c3ccc(NC(=O)C4CC4)cc3)c2C)cc1. The van der Waals surface area contributed by atoms with Crippen molar-refractivity contribution in [1.82, 2.24) is 9.78 Å². The fraction of sp³-hybridized carbons (Fsp3) is 0.280. The lowest BCUT2D eigenvalue weighted by atomic mass is 10.2. The number of ether oxygens (including phenoxy) is 1. The third-order valence-electron chi connectivity index (χ3n) is 5.50. The van der Waals surface area contributed by atoms with Gasteiger partial charge >= 0.3 is 5.97 Å². The molecule has 0 saturated heterocycles. The number of benzene rings is 2. The fourth-order valence-electron chi connectivity index (χ4n) is 3.43.